The summed E-state index contributed by atoms with van der Waals surface area (Å²) in [6.45, 7) is 8.28. The predicted molar refractivity (Wildman–Crippen MR) is 85.3 cm³/mol. The van der Waals surface area contributed by atoms with E-state index < -0.39 is 0 Å². The highest BCUT2D eigenvalue weighted by Crippen LogP contribution is 2.11. The second kappa shape index (κ2) is 8.13. The van der Waals surface area contributed by atoms with Crippen molar-refractivity contribution in [2.24, 2.45) is 0 Å². The first kappa shape index (κ1) is 16.0. The summed E-state index contributed by atoms with van der Waals surface area (Å²) in [6.07, 6.45) is 8.63. The van der Waals surface area contributed by atoms with Gasteiger partial charge in [0.1, 0.15) is 0 Å². The number of pyridine rings is 1. The van der Waals surface area contributed by atoms with Gasteiger partial charge in [-0.1, -0.05) is 12.8 Å². The highest BCUT2D eigenvalue weighted by Gasteiger charge is 2.20. The minimum atomic E-state index is 0.0907. The zero-order valence-electron chi connectivity index (χ0n) is 13.3. The summed E-state index contributed by atoms with van der Waals surface area (Å²) in [5.74, 6) is 0.0907. The molecule has 1 saturated heterocycles. The van der Waals surface area contributed by atoms with Gasteiger partial charge >= 0.3 is 0 Å². The minimum absolute atomic E-state index is 0.0907. The average molecular weight is 289 g/mol. The lowest BCUT2D eigenvalue weighted by atomic mass is 10.2. The molecule has 4 heteroatoms. The number of nitrogens with zero attached hydrogens (tertiary/aromatic N) is 3. The summed E-state index contributed by atoms with van der Waals surface area (Å²) in [7, 11) is 0. The van der Waals surface area contributed by atoms with Gasteiger partial charge in [0.15, 0.2) is 0 Å². The van der Waals surface area contributed by atoms with Gasteiger partial charge in [0.2, 0.25) is 0 Å². The Morgan fingerprint density at radius 3 is 2.57 bits per heavy atom. The van der Waals surface area contributed by atoms with Gasteiger partial charge in [-0.05, 0) is 51.9 Å². The van der Waals surface area contributed by atoms with Gasteiger partial charge in [0.05, 0.1) is 5.56 Å². The quantitative estimate of drug-likeness (QED) is 0.836. The van der Waals surface area contributed by atoms with E-state index in [9.17, 15) is 4.79 Å². The predicted octanol–water partition coefficient (Wildman–Crippen LogP) is 2.81. The van der Waals surface area contributed by atoms with Crippen LogP contribution in [-0.4, -0.2) is 52.9 Å². The second-order valence-electron chi connectivity index (χ2n) is 6.09. The van der Waals surface area contributed by atoms with Crippen LogP contribution in [0, 0.1) is 0 Å². The Hall–Kier alpha value is -1.42. The van der Waals surface area contributed by atoms with Crippen molar-refractivity contribution in [3.05, 3.63) is 30.1 Å². The second-order valence-corrected chi connectivity index (χ2v) is 6.09. The van der Waals surface area contributed by atoms with Crippen molar-refractivity contribution in [1.29, 1.82) is 0 Å². The number of carbonyl (C=O) groups excluding carboxylic acids is 1. The molecule has 0 atom stereocenters. The largest absolute Gasteiger partial charge is 0.335 e. The van der Waals surface area contributed by atoms with E-state index >= 15 is 0 Å². The Bertz CT molecular complexity index is 425. The third-order valence-corrected chi connectivity index (χ3v) is 4.15. The van der Waals surface area contributed by atoms with Crippen LogP contribution in [0.2, 0.25) is 0 Å². The van der Waals surface area contributed by atoms with Crippen molar-refractivity contribution in [3.63, 3.8) is 0 Å². The Labute approximate surface area is 128 Å². The molecule has 0 aliphatic carbocycles. The maximum atomic E-state index is 12.6. The van der Waals surface area contributed by atoms with E-state index in [-0.39, 0.29) is 11.9 Å². The van der Waals surface area contributed by atoms with Crippen molar-refractivity contribution < 1.29 is 4.79 Å². The van der Waals surface area contributed by atoms with Crippen LogP contribution in [0.1, 0.15) is 49.9 Å². The van der Waals surface area contributed by atoms with Crippen molar-refractivity contribution in [2.45, 2.75) is 45.6 Å². The topological polar surface area (TPSA) is 36.4 Å². The molecule has 0 N–H and O–H groups in total. The summed E-state index contributed by atoms with van der Waals surface area (Å²) in [5.41, 5.74) is 0.682. The third kappa shape index (κ3) is 4.81. The van der Waals surface area contributed by atoms with Gasteiger partial charge in [-0.15, -0.1) is 0 Å². The number of rotatable bonds is 5. The van der Waals surface area contributed by atoms with E-state index in [0.717, 1.165) is 13.1 Å². The van der Waals surface area contributed by atoms with Crippen molar-refractivity contribution in [3.8, 4) is 0 Å². The normalized spacial score (nSPS) is 16.7. The van der Waals surface area contributed by atoms with Gasteiger partial charge in [-0.2, -0.15) is 0 Å². The molecule has 0 spiro atoms. The number of amides is 1. The van der Waals surface area contributed by atoms with Crippen LogP contribution in [0.15, 0.2) is 24.5 Å². The molecule has 116 valence electrons. The molecule has 1 aromatic rings. The highest BCUT2D eigenvalue weighted by atomic mass is 16.2. The Balaban J connectivity index is 1.94. The van der Waals surface area contributed by atoms with E-state index in [1.807, 2.05) is 17.0 Å². The van der Waals surface area contributed by atoms with E-state index in [0.29, 0.717) is 5.56 Å². The molecule has 1 amide bonds. The molecular formula is C17H27N3O. The fraction of sp³-hybridized carbons (Fsp3) is 0.647. The smallest absolute Gasteiger partial charge is 0.255 e. The van der Waals surface area contributed by atoms with E-state index in [2.05, 4.69) is 23.7 Å². The van der Waals surface area contributed by atoms with Crippen LogP contribution in [0.5, 0.6) is 0 Å². The molecule has 2 heterocycles. The zero-order chi connectivity index (χ0) is 15.1. The molecule has 4 nitrogen and oxygen atoms in total. The monoisotopic (exact) mass is 289 g/mol. The fourth-order valence-corrected chi connectivity index (χ4v) is 2.86. The summed E-state index contributed by atoms with van der Waals surface area (Å²) in [6, 6.07) is 3.88. The number of likely N-dealkylation sites (tertiary alicyclic amines) is 1. The molecule has 0 unspecified atom stereocenters. The van der Waals surface area contributed by atoms with Gasteiger partial charge in [0, 0.05) is 31.5 Å². The Morgan fingerprint density at radius 2 is 2.00 bits per heavy atom. The van der Waals surface area contributed by atoms with Gasteiger partial charge < -0.3 is 9.80 Å². The number of hydrogen-bond donors (Lipinski definition) is 0. The van der Waals surface area contributed by atoms with Crippen molar-refractivity contribution in [1.82, 2.24) is 14.8 Å². The van der Waals surface area contributed by atoms with Crippen molar-refractivity contribution in [2.75, 3.05) is 26.2 Å². The van der Waals surface area contributed by atoms with E-state index in [1.165, 1.54) is 38.8 Å². The van der Waals surface area contributed by atoms with Crippen LogP contribution in [0.4, 0.5) is 0 Å². The molecule has 0 aromatic carbocycles. The minimum Gasteiger partial charge on any atom is -0.335 e. The number of aromatic nitrogens is 1. The lowest BCUT2D eigenvalue weighted by Gasteiger charge is -2.30. The molecule has 21 heavy (non-hydrogen) atoms. The van der Waals surface area contributed by atoms with Gasteiger partial charge in [-0.25, -0.2) is 0 Å². The molecule has 1 aliphatic heterocycles. The van der Waals surface area contributed by atoms with Gasteiger partial charge in [-0.3, -0.25) is 9.78 Å². The van der Waals surface area contributed by atoms with Crippen LogP contribution in [0.3, 0.4) is 0 Å². The first-order valence-electron chi connectivity index (χ1n) is 8.12. The highest BCUT2D eigenvalue weighted by molar-refractivity contribution is 5.94. The molecule has 1 fully saturated rings. The Morgan fingerprint density at radius 1 is 1.29 bits per heavy atom. The van der Waals surface area contributed by atoms with Crippen LogP contribution < -0.4 is 0 Å². The number of carbonyl (C=O) groups is 1. The SMILES string of the molecule is CC(C)N(CCN1CCCCCC1)C(=O)c1cccnc1. The zero-order valence-corrected chi connectivity index (χ0v) is 13.3. The maximum absolute atomic E-state index is 12.6. The van der Waals surface area contributed by atoms with Crippen molar-refractivity contribution >= 4 is 5.91 Å². The first-order valence-corrected chi connectivity index (χ1v) is 8.12. The van der Waals surface area contributed by atoms with E-state index in [1.54, 1.807) is 12.4 Å². The first-order chi connectivity index (χ1) is 10.2. The molecule has 2 rings (SSSR count). The van der Waals surface area contributed by atoms with Crippen LogP contribution in [-0.2, 0) is 0 Å². The van der Waals surface area contributed by atoms with Crippen LogP contribution in [0.25, 0.3) is 0 Å². The summed E-state index contributed by atoms with van der Waals surface area (Å²) < 4.78 is 0. The summed E-state index contributed by atoms with van der Waals surface area (Å²) >= 11 is 0. The molecule has 0 radical (unpaired) electrons. The molecule has 0 saturated carbocycles. The van der Waals surface area contributed by atoms with Gasteiger partial charge in [0.25, 0.3) is 5.91 Å². The standard InChI is InChI=1S/C17H27N3O/c1-15(2)20(17(21)16-8-7-9-18-14-16)13-12-19-10-5-3-4-6-11-19/h7-9,14-15H,3-6,10-13H2,1-2H3. The maximum Gasteiger partial charge on any atom is 0.255 e. The fourth-order valence-electron chi connectivity index (χ4n) is 2.86. The van der Waals surface area contributed by atoms with Crippen LogP contribution >= 0.6 is 0 Å². The molecule has 1 aliphatic rings. The molecular weight excluding hydrogens is 262 g/mol. The molecule has 0 bridgehead atoms. The van der Waals surface area contributed by atoms with E-state index in [4.69, 9.17) is 0 Å². The molecule has 1 aromatic heterocycles. The number of hydrogen-bond acceptors (Lipinski definition) is 3. The third-order valence-electron chi connectivity index (χ3n) is 4.15. The lowest BCUT2D eigenvalue weighted by Crippen LogP contribution is -2.42. The lowest BCUT2D eigenvalue weighted by molar-refractivity contribution is 0.0681. The average Bonchev–Trinajstić information content (AvgIpc) is 2.76. The Kier molecular flexibility index (Phi) is 6.18. The summed E-state index contributed by atoms with van der Waals surface area (Å²) in [5, 5.41) is 0. The summed E-state index contributed by atoms with van der Waals surface area (Å²) in [4.78, 5) is 21.1.